The highest BCUT2D eigenvalue weighted by molar-refractivity contribution is 6.34. The van der Waals surface area contributed by atoms with Gasteiger partial charge in [-0.3, -0.25) is 9.59 Å². The number of halogens is 2. The van der Waals surface area contributed by atoms with Crippen LogP contribution in [0.4, 0.5) is 11.4 Å². The average molecular weight is 486 g/mol. The second-order valence-corrected chi connectivity index (χ2v) is 9.07. The smallest absolute Gasteiger partial charge is 0.291 e. The van der Waals surface area contributed by atoms with E-state index in [0.29, 0.717) is 47.7 Å². The molecule has 2 amide bonds. The third kappa shape index (κ3) is 5.18. The van der Waals surface area contributed by atoms with Crippen LogP contribution < -0.4 is 10.2 Å². The maximum atomic E-state index is 12.9. The molecule has 1 aliphatic heterocycles. The third-order valence-corrected chi connectivity index (χ3v) is 6.15. The maximum absolute atomic E-state index is 12.9. The van der Waals surface area contributed by atoms with E-state index in [0.717, 1.165) is 11.3 Å². The number of hydrogen-bond donors (Lipinski definition) is 1. The van der Waals surface area contributed by atoms with Gasteiger partial charge in [-0.15, -0.1) is 0 Å². The Bertz CT molecular complexity index is 1150. The molecule has 0 saturated carbocycles. The summed E-state index contributed by atoms with van der Waals surface area (Å²) in [5.74, 6) is 0.522. The molecular weight excluding hydrogens is 461 g/mol. The van der Waals surface area contributed by atoms with Gasteiger partial charge >= 0.3 is 0 Å². The first-order valence-corrected chi connectivity index (χ1v) is 11.6. The van der Waals surface area contributed by atoms with E-state index >= 15 is 0 Å². The van der Waals surface area contributed by atoms with Gasteiger partial charge in [-0.05, 0) is 48.5 Å². The van der Waals surface area contributed by atoms with Crippen LogP contribution in [0.15, 0.2) is 59.0 Å². The second kappa shape index (κ2) is 9.89. The highest BCUT2D eigenvalue weighted by atomic mass is 35.5. The Hall–Kier alpha value is -2.96. The molecule has 0 radical (unpaired) electrons. The van der Waals surface area contributed by atoms with Crippen molar-refractivity contribution in [1.82, 2.24) is 4.90 Å². The molecular formula is C25H25Cl2N3O3. The highest BCUT2D eigenvalue weighted by Crippen LogP contribution is 2.35. The molecule has 0 aliphatic carbocycles. The van der Waals surface area contributed by atoms with Crippen molar-refractivity contribution < 1.29 is 14.0 Å². The predicted molar refractivity (Wildman–Crippen MR) is 132 cm³/mol. The summed E-state index contributed by atoms with van der Waals surface area (Å²) in [5.41, 5.74) is 2.17. The van der Waals surface area contributed by atoms with Crippen LogP contribution in [0, 0.1) is 5.92 Å². The Morgan fingerprint density at radius 3 is 2.30 bits per heavy atom. The van der Waals surface area contributed by atoms with Crippen LogP contribution in [0.25, 0.3) is 11.3 Å². The van der Waals surface area contributed by atoms with Gasteiger partial charge in [-0.1, -0.05) is 43.1 Å². The zero-order valence-corrected chi connectivity index (χ0v) is 20.0. The van der Waals surface area contributed by atoms with Gasteiger partial charge in [-0.2, -0.15) is 0 Å². The number of carbonyl (C=O) groups excluding carboxylic acids is 2. The lowest BCUT2D eigenvalue weighted by Crippen LogP contribution is -2.50. The first-order valence-electron chi connectivity index (χ1n) is 10.8. The molecule has 0 spiro atoms. The number of anilines is 2. The van der Waals surface area contributed by atoms with Gasteiger partial charge in [-0.25, -0.2) is 0 Å². The lowest BCUT2D eigenvalue weighted by Gasteiger charge is -2.38. The molecule has 4 rings (SSSR count). The van der Waals surface area contributed by atoms with E-state index in [1.165, 1.54) is 0 Å². The van der Waals surface area contributed by atoms with Crippen molar-refractivity contribution >= 4 is 46.4 Å². The molecule has 3 aromatic rings. The number of amides is 2. The highest BCUT2D eigenvalue weighted by Gasteiger charge is 2.26. The fraction of sp³-hybridized carbons (Fsp3) is 0.280. The van der Waals surface area contributed by atoms with Crippen molar-refractivity contribution in [3.8, 4) is 11.3 Å². The lowest BCUT2D eigenvalue weighted by molar-refractivity contribution is -0.134. The van der Waals surface area contributed by atoms with Crippen molar-refractivity contribution in [2.75, 3.05) is 36.4 Å². The van der Waals surface area contributed by atoms with Crippen LogP contribution in [-0.2, 0) is 4.79 Å². The molecule has 1 N–H and O–H groups in total. The summed E-state index contributed by atoms with van der Waals surface area (Å²) in [6.07, 6.45) is 0. The van der Waals surface area contributed by atoms with E-state index in [9.17, 15) is 9.59 Å². The van der Waals surface area contributed by atoms with Crippen LogP contribution >= 0.6 is 23.2 Å². The molecule has 0 unspecified atom stereocenters. The summed E-state index contributed by atoms with van der Waals surface area (Å²) < 4.78 is 5.78. The molecule has 0 atom stereocenters. The van der Waals surface area contributed by atoms with Crippen molar-refractivity contribution in [3.63, 3.8) is 0 Å². The third-order valence-electron chi connectivity index (χ3n) is 5.59. The Kier molecular flexibility index (Phi) is 6.96. The molecule has 33 heavy (non-hydrogen) atoms. The average Bonchev–Trinajstić information content (AvgIpc) is 3.30. The van der Waals surface area contributed by atoms with Gasteiger partial charge in [0.1, 0.15) is 5.76 Å². The molecule has 1 saturated heterocycles. The standard InChI is InChI=1S/C25H25Cl2N3O3/c1-16(2)25(32)30-14-12-29(13-15-30)23-19(27)4-3-5-20(23)28-24(31)22-11-10-21(33-22)17-6-8-18(26)9-7-17/h3-11,16H,12-15H2,1-2H3,(H,28,31). The molecule has 2 heterocycles. The molecule has 2 aromatic carbocycles. The number of hydrogen-bond acceptors (Lipinski definition) is 4. The summed E-state index contributed by atoms with van der Waals surface area (Å²) in [6, 6.07) is 16.0. The molecule has 0 bridgehead atoms. The second-order valence-electron chi connectivity index (χ2n) is 8.23. The predicted octanol–water partition coefficient (Wildman–Crippen LogP) is 5.81. The summed E-state index contributed by atoms with van der Waals surface area (Å²) in [4.78, 5) is 29.2. The zero-order chi connectivity index (χ0) is 23.5. The number of nitrogens with one attached hydrogen (secondary N) is 1. The van der Waals surface area contributed by atoms with Crippen LogP contribution in [-0.4, -0.2) is 42.9 Å². The van der Waals surface area contributed by atoms with Crippen LogP contribution in [0.1, 0.15) is 24.4 Å². The fourth-order valence-corrected chi connectivity index (χ4v) is 4.29. The lowest BCUT2D eigenvalue weighted by atomic mass is 10.1. The zero-order valence-electron chi connectivity index (χ0n) is 18.5. The van der Waals surface area contributed by atoms with Crippen LogP contribution in [0.3, 0.4) is 0 Å². The van der Waals surface area contributed by atoms with E-state index in [2.05, 4.69) is 10.2 Å². The van der Waals surface area contributed by atoms with E-state index in [1.807, 2.05) is 36.9 Å². The van der Waals surface area contributed by atoms with E-state index in [1.54, 1.807) is 36.4 Å². The van der Waals surface area contributed by atoms with Crippen LogP contribution in [0.2, 0.25) is 10.0 Å². The van der Waals surface area contributed by atoms with Crippen molar-refractivity contribution in [3.05, 3.63) is 70.4 Å². The van der Waals surface area contributed by atoms with Crippen LogP contribution in [0.5, 0.6) is 0 Å². The monoisotopic (exact) mass is 485 g/mol. The van der Waals surface area contributed by atoms with E-state index in [4.69, 9.17) is 27.6 Å². The number of piperazine rings is 1. The summed E-state index contributed by atoms with van der Waals surface area (Å²) in [5, 5.41) is 4.10. The maximum Gasteiger partial charge on any atom is 0.291 e. The normalized spacial score (nSPS) is 14.0. The van der Waals surface area contributed by atoms with E-state index < -0.39 is 0 Å². The van der Waals surface area contributed by atoms with Gasteiger partial charge in [0.25, 0.3) is 5.91 Å². The largest absolute Gasteiger partial charge is 0.451 e. The number of benzene rings is 2. The van der Waals surface area contributed by atoms with Crippen molar-refractivity contribution in [2.24, 2.45) is 5.92 Å². The fourth-order valence-electron chi connectivity index (χ4n) is 3.87. The molecule has 6 nitrogen and oxygen atoms in total. The van der Waals surface area contributed by atoms with Gasteiger partial charge < -0.3 is 19.5 Å². The van der Waals surface area contributed by atoms with Gasteiger partial charge in [0, 0.05) is 42.7 Å². The quantitative estimate of drug-likeness (QED) is 0.494. The molecule has 8 heteroatoms. The number of para-hydroxylation sites is 1. The number of furan rings is 1. The van der Waals surface area contributed by atoms with Crippen molar-refractivity contribution in [2.45, 2.75) is 13.8 Å². The minimum atomic E-state index is -0.368. The number of carbonyl (C=O) groups is 2. The topological polar surface area (TPSA) is 65.8 Å². The SMILES string of the molecule is CC(C)C(=O)N1CCN(c2c(Cl)cccc2NC(=O)c2ccc(-c3ccc(Cl)cc3)o2)CC1. The first kappa shape index (κ1) is 23.2. The number of rotatable bonds is 5. The summed E-state index contributed by atoms with van der Waals surface area (Å²) in [7, 11) is 0. The Labute approximate surface area is 203 Å². The van der Waals surface area contributed by atoms with Gasteiger partial charge in [0.2, 0.25) is 5.91 Å². The molecule has 1 aliphatic rings. The van der Waals surface area contributed by atoms with E-state index in [-0.39, 0.29) is 23.5 Å². The molecule has 1 aromatic heterocycles. The Morgan fingerprint density at radius 1 is 0.939 bits per heavy atom. The number of nitrogens with zero attached hydrogens (tertiary/aromatic N) is 2. The minimum Gasteiger partial charge on any atom is -0.451 e. The Morgan fingerprint density at radius 2 is 1.64 bits per heavy atom. The summed E-state index contributed by atoms with van der Waals surface area (Å²) >= 11 is 12.5. The molecule has 172 valence electrons. The molecule has 1 fully saturated rings. The first-order chi connectivity index (χ1) is 15.8. The van der Waals surface area contributed by atoms with Gasteiger partial charge in [0.05, 0.1) is 16.4 Å². The summed E-state index contributed by atoms with van der Waals surface area (Å²) in [6.45, 7) is 6.29. The van der Waals surface area contributed by atoms with Crippen molar-refractivity contribution in [1.29, 1.82) is 0 Å². The minimum absolute atomic E-state index is 0.0298. The van der Waals surface area contributed by atoms with Gasteiger partial charge in [0.15, 0.2) is 5.76 Å². The Balaban J connectivity index is 1.49.